The predicted molar refractivity (Wildman–Crippen MR) is 149 cm³/mol. The minimum absolute atomic E-state index is 0.648. The van der Waals surface area contributed by atoms with Crippen LogP contribution in [0.15, 0.2) is 77.5 Å². The molecule has 0 aliphatic heterocycles. The summed E-state index contributed by atoms with van der Waals surface area (Å²) in [4.78, 5) is 2.37. The van der Waals surface area contributed by atoms with Gasteiger partial charge in [-0.1, -0.05) is 11.6 Å². The molecule has 2 heterocycles. The second kappa shape index (κ2) is 15.0. The quantitative estimate of drug-likeness (QED) is 0.0908. The third kappa shape index (κ3) is 12.5. The van der Waals surface area contributed by atoms with Crippen molar-refractivity contribution in [1.82, 2.24) is 4.57 Å². The van der Waals surface area contributed by atoms with Crippen molar-refractivity contribution in [2.75, 3.05) is 18.0 Å². The van der Waals surface area contributed by atoms with E-state index >= 15 is 0 Å². The molecule has 0 amide bonds. The fourth-order valence-electron chi connectivity index (χ4n) is 3.93. The van der Waals surface area contributed by atoms with Crippen LogP contribution in [0.4, 0.5) is 51.6 Å². The van der Waals surface area contributed by atoms with Gasteiger partial charge in [0.05, 0.1) is 19.8 Å². The molecule has 0 N–H and O–H groups in total. The van der Waals surface area contributed by atoms with Crippen LogP contribution in [0.3, 0.4) is 0 Å². The van der Waals surface area contributed by atoms with Crippen molar-refractivity contribution < 1.29 is 43.7 Å². The van der Waals surface area contributed by atoms with Crippen molar-refractivity contribution in [3.05, 3.63) is 77.8 Å². The Hall–Kier alpha value is -3.68. The highest BCUT2D eigenvalue weighted by molar-refractivity contribution is 6.50. The predicted octanol–water partition coefficient (Wildman–Crippen LogP) is 7.57. The van der Waals surface area contributed by atoms with Crippen LogP contribution >= 0.6 is 11.6 Å². The molecule has 4 rings (SSSR count). The maximum atomic E-state index is 9.75. The minimum atomic E-state index is -6.00. The Morgan fingerprint density at radius 1 is 0.857 bits per heavy atom. The van der Waals surface area contributed by atoms with Crippen LogP contribution in [0.1, 0.15) is 12.5 Å². The minimum Gasteiger partial charge on any atom is -0.418 e. The number of anilines is 1. The zero-order valence-electron chi connectivity index (χ0n) is 23.2. The highest BCUT2D eigenvalue weighted by atomic mass is 35.5. The largest absolute Gasteiger partial charge is 0.673 e. The Morgan fingerprint density at radius 3 is 1.93 bits per heavy atom. The summed E-state index contributed by atoms with van der Waals surface area (Å²) in [6.45, 7) is 4.10. The Morgan fingerprint density at radius 2 is 1.40 bits per heavy atom. The summed E-state index contributed by atoms with van der Waals surface area (Å²) in [7, 11) is -5.97. The molecule has 0 aliphatic rings. The summed E-state index contributed by atoms with van der Waals surface area (Å²) >= 11 is 6.31. The Kier molecular flexibility index (Phi) is 12.3. The molecule has 17 heteroatoms. The molecule has 0 saturated carbocycles. The fourth-order valence-corrected chi connectivity index (χ4v) is 4.14. The smallest absolute Gasteiger partial charge is 0.418 e. The zero-order valence-corrected chi connectivity index (χ0v) is 24.0. The van der Waals surface area contributed by atoms with Gasteiger partial charge < -0.3 is 39.4 Å². The monoisotopic (exact) mass is 622 g/mol. The lowest BCUT2D eigenvalue weighted by molar-refractivity contribution is -0.671. The summed E-state index contributed by atoms with van der Waals surface area (Å²) in [6, 6.07) is 16.4. The Bertz CT molecular complexity index is 1440. The average molecular weight is 623 g/mol. The number of hydrogen-bond acceptors (Lipinski definition) is 3. The van der Waals surface area contributed by atoms with Gasteiger partial charge in [0.25, 0.3) is 0 Å². The summed E-state index contributed by atoms with van der Waals surface area (Å²) in [5.41, 5.74) is 6.12. The van der Waals surface area contributed by atoms with Crippen LogP contribution in [-0.4, -0.2) is 32.2 Å². The standard InChI is InChI=1S/C25H29ClN6.2BF4/c1-5-32(15-12-19-10-13-29(2)14-11-19)22-8-6-21(7-9-22)27-28-23-16-20(26)17-24-25(23)31(4)18-30(24)3;2*2-1(3,4)5/h6-11,13-14,16-18H,5,12,15H2,1-4H3;;/q+2;2*-1/b28-27+;;. The van der Waals surface area contributed by atoms with E-state index in [9.17, 15) is 34.5 Å². The van der Waals surface area contributed by atoms with Gasteiger partial charge in [-0.2, -0.15) is 5.11 Å². The van der Waals surface area contributed by atoms with Crippen LogP contribution in [0.5, 0.6) is 0 Å². The van der Waals surface area contributed by atoms with Crippen LogP contribution in [-0.2, 0) is 27.6 Å². The van der Waals surface area contributed by atoms with E-state index < -0.39 is 14.5 Å². The molecule has 0 fully saturated rings. The molecule has 0 atom stereocenters. The van der Waals surface area contributed by atoms with Gasteiger partial charge >= 0.3 is 14.5 Å². The van der Waals surface area contributed by atoms with E-state index in [-0.39, 0.29) is 0 Å². The van der Waals surface area contributed by atoms with Crippen LogP contribution in [0.2, 0.25) is 5.02 Å². The van der Waals surface area contributed by atoms with Gasteiger partial charge in [-0.05, 0) is 49.2 Å². The first-order valence-electron chi connectivity index (χ1n) is 12.5. The van der Waals surface area contributed by atoms with E-state index in [4.69, 9.17) is 11.6 Å². The third-order valence-corrected chi connectivity index (χ3v) is 5.92. The average Bonchev–Trinajstić information content (AvgIpc) is 3.15. The molecular weight excluding hydrogens is 593 g/mol. The van der Waals surface area contributed by atoms with Gasteiger partial charge in [0.1, 0.15) is 12.7 Å². The van der Waals surface area contributed by atoms with Crippen LogP contribution in [0, 0.1) is 0 Å². The number of aromatic nitrogens is 3. The molecule has 2 aromatic carbocycles. The SMILES string of the molecule is CCN(CCc1cc[n+](C)cc1)c1ccc(/N=N/c2cc(Cl)cc3c2n(C)c[n+]3C)cc1.F[B-](F)(F)F.F[B-](F)(F)F. The van der Waals surface area contributed by atoms with Gasteiger partial charge in [0.2, 0.25) is 11.8 Å². The lowest BCUT2D eigenvalue weighted by Crippen LogP contribution is -2.27. The lowest BCUT2D eigenvalue weighted by atomic mass is 10.2. The number of likely N-dealkylation sites (N-methyl/N-ethyl adjacent to an activating group) is 1. The van der Waals surface area contributed by atoms with Gasteiger partial charge in [0.15, 0.2) is 17.9 Å². The van der Waals surface area contributed by atoms with E-state index in [0.717, 1.165) is 41.9 Å². The van der Waals surface area contributed by atoms with E-state index in [1.54, 1.807) is 0 Å². The number of pyridine rings is 1. The number of aryl methyl sites for hydroxylation is 3. The van der Waals surface area contributed by atoms with Gasteiger partial charge in [-0.25, -0.2) is 13.7 Å². The second-order valence-electron chi connectivity index (χ2n) is 9.04. The number of fused-ring (bicyclic) bond motifs is 1. The number of azo groups is 1. The topological polar surface area (TPSA) is 40.6 Å². The second-order valence-corrected chi connectivity index (χ2v) is 9.47. The number of rotatable bonds is 7. The number of hydrogen-bond donors (Lipinski definition) is 0. The number of imidazole rings is 1. The summed E-state index contributed by atoms with van der Waals surface area (Å²) in [5.74, 6) is 0. The van der Waals surface area contributed by atoms with Crippen molar-refractivity contribution in [2.45, 2.75) is 13.3 Å². The summed E-state index contributed by atoms with van der Waals surface area (Å²) in [6.07, 6.45) is 7.20. The third-order valence-electron chi connectivity index (χ3n) is 5.70. The fraction of sp³-hybridized carbons (Fsp3) is 0.280. The molecule has 0 unspecified atom stereocenters. The first-order chi connectivity index (χ1) is 19.4. The van der Waals surface area contributed by atoms with Gasteiger partial charge in [-0.3, -0.25) is 0 Å². The number of nitrogens with zero attached hydrogens (tertiary/aromatic N) is 6. The van der Waals surface area contributed by atoms with Crippen molar-refractivity contribution in [3.8, 4) is 0 Å². The molecule has 42 heavy (non-hydrogen) atoms. The van der Waals surface area contributed by atoms with Crippen molar-refractivity contribution >= 4 is 54.2 Å². The Balaban J connectivity index is 0.000000533. The molecule has 0 saturated heterocycles. The number of halogens is 9. The highest BCUT2D eigenvalue weighted by Gasteiger charge is 2.21. The summed E-state index contributed by atoms with van der Waals surface area (Å²) in [5, 5.41) is 9.62. The maximum absolute atomic E-state index is 9.75. The van der Waals surface area contributed by atoms with E-state index in [0.29, 0.717) is 5.02 Å². The molecule has 0 bridgehead atoms. The highest BCUT2D eigenvalue weighted by Crippen LogP contribution is 2.30. The summed E-state index contributed by atoms with van der Waals surface area (Å²) < 4.78 is 84.1. The van der Waals surface area contributed by atoms with Crippen molar-refractivity contribution in [1.29, 1.82) is 0 Å². The molecule has 0 aliphatic carbocycles. The molecule has 0 radical (unpaired) electrons. The number of benzene rings is 2. The molecule has 228 valence electrons. The van der Waals surface area contributed by atoms with Crippen LogP contribution in [0.25, 0.3) is 11.0 Å². The molecular formula is C25H29B2ClF8N6. The van der Waals surface area contributed by atoms with Crippen molar-refractivity contribution in [2.24, 2.45) is 31.4 Å². The maximum Gasteiger partial charge on any atom is 0.673 e. The molecule has 6 nitrogen and oxygen atoms in total. The lowest BCUT2D eigenvalue weighted by Gasteiger charge is -2.23. The van der Waals surface area contributed by atoms with E-state index in [1.807, 2.05) is 60.9 Å². The zero-order chi connectivity index (χ0) is 31.7. The van der Waals surface area contributed by atoms with Crippen molar-refractivity contribution in [3.63, 3.8) is 0 Å². The molecule has 0 spiro atoms. The van der Waals surface area contributed by atoms with E-state index in [2.05, 4.69) is 63.3 Å². The van der Waals surface area contributed by atoms with Gasteiger partial charge in [-0.15, -0.1) is 5.11 Å². The van der Waals surface area contributed by atoms with E-state index in [1.165, 1.54) is 11.3 Å². The first kappa shape index (κ1) is 34.5. The van der Waals surface area contributed by atoms with Gasteiger partial charge in [0, 0.05) is 42.0 Å². The Labute approximate surface area is 243 Å². The normalized spacial score (nSPS) is 11.6. The first-order valence-corrected chi connectivity index (χ1v) is 12.9. The molecule has 4 aromatic rings. The van der Waals surface area contributed by atoms with Crippen LogP contribution < -0.4 is 14.0 Å². The molecule has 2 aromatic heterocycles.